The Bertz CT molecular complexity index is 708. The molecule has 9 heteroatoms. The van der Waals surface area contributed by atoms with Gasteiger partial charge in [0.2, 0.25) is 8.38 Å². The van der Waals surface area contributed by atoms with Crippen molar-refractivity contribution >= 4 is 49.1 Å². The molecule has 2 aromatic rings. The smallest absolute Gasteiger partial charge is 0.345 e. The SMILES string of the molecule is OP1ONc2ccc3c4c(ccc1c24)[P+](O)(O)ON3. The van der Waals surface area contributed by atoms with Crippen molar-refractivity contribution in [2.45, 2.75) is 0 Å². The zero-order valence-corrected chi connectivity index (χ0v) is 11.2. The fourth-order valence-corrected chi connectivity index (χ4v) is 4.36. The molecule has 0 spiro atoms. The number of anilines is 2. The van der Waals surface area contributed by atoms with Gasteiger partial charge >= 0.3 is 7.94 Å². The van der Waals surface area contributed by atoms with Crippen LogP contribution in [0.4, 0.5) is 11.4 Å². The Labute approximate surface area is 109 Å². The van der Waals surface area contributed by atoms with Crippen LogP contribution in [0.3, 0.4) is 0 Å². The van der Waals surface area contributed by atoms with Gasteiger partial charge in [0, 0.05) is 10.7 Å². The van der Waals surface area contributed by atoms with Crippen LogP contribution < -0.4 is 21.6 Å². The van der Waals surface area contributed by atoms with E-state index in [-0.39, 0.29) is 0 Å². The van der Waals surface area contributed by atoms with Gasteiger partial charge < -0.3 is 4.89 Å². The van der Waals surface area contributed by atoms with Crippen molar-refractivity contribution in [2.75, 3.05) is 11.0 Å². The monoisotopic (exact) mass is 299 g/mol. The summed E-state index contributed by atoms with van der Waals surface area (Å²) in [6, 6.07) is 6.70. The van der Waals surface area contributed by atoms with Crippen molar-refractivity contribution < 1.29 is 23.9 Å². The van der Waals surface area contributed by atoms with E-state index in [2.05, 4.69) is 11.0 Å². The predicted molar refractivity (Wildman–Crippen MR) is 73.1 cm³/mol. The number of hydrogen-bond acceptors (Lipinski definition) is 7. The summed E-state index contributed by atoms with van der Waals surface area (Å²) in [6.45, 7) is 0. The van der Waals surface area contributed by atoms with E-state index in [0.29, 0.717) is 27.4 Å². The number of benzene rings is 2. The van der Waals surface area contributed by atoms with Gasteiger partial charge in [-0.1, -0.05) is 4.62 Å². The first-order valence-electron chi connectivity index (χ1n) is 5.39. The quantitative estimate of drug-likeness (QED) is 0.460. The Kier molecular flexibility index (Phi) is 2.32. The van der Waals surface area contributed by atoms with E-state index >= 15 is 0 Å². The summed E-state index contributed by atoms with van der Waals surface area (Å²) in [5.74, 6) is 0. The Morgan fingerprint density at radius 2 is 1.74 bits per heavy atom. The lowest BCUT2D eigenvalue weighted by Crippen LogP contribution is -2.26. The molecule has 0 aromatic heterocycles. The van der Waals surface area contributed by atoms with E-state index in [4.69, 9.17) is 9.25 Å². The van der Waals surface area contributed by atoms with Crippen LogP contribution in [-0.4, -0.2) is 14.7 Å². The van der Waals surface area contributed by atoms with Crippen LogP contribution in [0.2, 0.25) is 0 Å². The van der Waals surface area contributed by atoms with Gasteiger partial charge in [-0.15, -0.1) is 0 Å². The van der Waals surface area contributed by atoms with Crippen molar-refractivity contribution in [3.63, 3.8) is 0 Å². The van der Waals surface area contributed by atoms with Crippen LogP contribution in [0, 0.1) is 0 Å². The summed E-state index contributed by atoms with van der Waals surface area (Å²) in [7, 11) is -5.41. The van der Waals surface area contributed by atoms with E-state index in [1.54, 1.807) is 24.3 Å². The second-order valence-electron chi connectivity index (χ2n) is 4.22. The lowest BCUT2D eigenvalue weighted by atomic mass is 10.1. The molecule has 98 valence electrons. The van der Waals surface area contributed by atoms with Crippen molar-refractivity contribution in [3.8, 4) is 0 Å². The largest absolute Gasteiger partial charge is 0.472 e. The highest BCUT2D eigenvalue weighted by Crippen LogP contribution is 2.56. The van der Waals surface area contributed by atoms with Crippen molar-refractivity contribution in [1.29, 1.82) is 0 Å². The van der Waals surface area contributed by atoms with Crippen molar-refractivity contribution in [3.05, 3.63) is 24.3 Å². The van der Waals surface area contributed by atoms with Crippen molar-refractivity contribution in [2.24, 2.45) is 0 Å². The van der Waals surface area contributed by atoms with Gasteiger partial charge in [-0.3, -0.25) is 5.48 Å². The molecule has 0 saturated carbocycles. The predicted octanol–water partition coefficient (Wildman–Crippen LogP) is 0.856. The molecular weight excluding hydrogens is 290 g/mol. The third-order valence-corrected chi connectivity index (χ3v) is 5.56. The first kappa shape index (κ1) is 11.8. The highest BCUT2D eigenvalue weighted by molar-refractivity contribution is 7.68. The summed E-state index contributed by atoms with van der Waals surface area (Å²) in [6.07, 6.45) is 0. The minimum Gasteiger partial charge on any atom is -0.345 e. The zero-order chi connectivity index (χ0) is 13.2. The van der Waals surface area contributed by atoms with E-state index < -0.39 is 16.3 Å². The molecule has 1 atom stereocenters. The normalized spacial score (nSPS) is 22.8. The summed E-state index contributed by atoms with van der Waals surface area (Å²) < 4.78 is 9.98. The fourth-order valence-electron chi connectivity index (χ4n) is 2.34. The highest BCUT2D eigenvalue weighted by Gasteiger charge is 2.47. The van der Waals surface area contributed by atoms with E-state index in [1.165, 1.54) is 0 Å². The molecule has 7 nitrogen and oxygen atoms in total. The molecule has 0 bridgehead atoms. The lowest BCUT2D eigenvalue weighted by molar-refractivity contribution is 0.287. The molecule has 4 rings (SSSR count). The molecule has 0 aliphatic carbocycles. The Hall–Kier alpha value is -1.04. The summed E-state index contributed by atoms with van der Waals surface area (Å²) in [5, 5.41) is 2.32. The fraction of sp³-hybridized carbons (Fsp3) is 0. The Balaban J connectivity index is 2.18. The average molecular weight is 299 g/mol. The second kappa shape index (κ2) is 3.75. The summed E-state index contributed by atoms with van der Waals surface area (Å²) in [4.78, 5) is 29.8. The van der Waals surface area contributed by atoms with E-state index in [9.17, 15) is 14.7 Å². The Morgan fingerprint density at radius 3 is 2.53 bits per heavy atom. The topological polar surface area (TPSA) is 103 Å². The van der Waals surface area contributed by atoms with Crippen LogP contribution in [-0.2, 0) is 9.25 Å². The third kappa shape index (κ3) is 1.52. The first-order chi connectivity index (χ1) is 9.08. The molecule has 2 aliphatic rings. The van der Waals surface area contributed by atoms with Crippen LogP contribution in [0.25, 0.3) is 10.8 Å². The number of nitrogens with one attached hydrogen (secondary N) is 2. The molecule has 0 saturated heterocycles. The van der Waals surface area contributed by atoms with E-state index in [0.717, 1.165) is 5.39 Å². The Morgan fingerprint density at radius 1 is 1.00 bits per heavy atom. The molecule has 0 radical (unpaired) electrons. The summed E-state index contributed by atoms with van der Waals surface area (Å²) in [5.41, 5.74) is 6.51. The molecule has 2 heterocycles. The average Bonchev–Trinajstić information content (AvgIpc) is 2.40. The molecule has 2 aliphatic heterocycles. The maximum atomic E-state index is 9.95. The molecule has 1 unspecified atom stereocenters. The van der Waals surface area contributed by atoms with E-state index in [1.807, 2.05) is 0 Å². The van der Waals surface area contributed by atoms with Crippen LogP contribution >= 0.6 is 16.3 Å². The third-order valence-electron chi connectivity index (χ3n) is 3.16. The van der Waals surface area contributed by atoms with Crippen LogP contribution in [0.1, 0.15) is 0 Å². The minimum absolute atomic E-state index is 0.328. The molecule has 0 amide bonds. The summed E-state index contributed by atoms with van der Waals surface area (Å²) >= 11 is 0. The maximum absolute atomic E-state index is 9.95. The van der Waals surface area contributed by atoms with Gasteiger partial charge in [0.15, 0.2) is 5.30 Å². The molecular formula is C10H9N2O5P2+. The van der Waals surface area contributed by atoms with Gasteiger partial charge in [0.1, 0.15) is 0 Å². The van der Waals surface area contributed by atoms with Crippen molar-refractivity contribution in [1.82, 2.24) is 0 Å². The molecule has 0 fully saturated rings. The number of hydrogen-bond donors (Lipinski definition) is 5. The molecule has 19 heavy (non-hydrogen) atoms. The highest BCUT2D eigenvalue weighted by atomic mass is 31.2. The molecule has 5 N–H and O–H groups in total. The zero-order valence-electron chi connectivity index (χ0n) is 9.36. The van der Waals surface area contributed by atoms with Gasteiger partial charge in [0.05, 0.1) is 16.8 Å². The number of rotatable bonds is 0. The standard InChI is InChI=1S/C10H9N2O5P2/c13-18-7-3-4-8-10-6(12-17-19(8,14)15)2-1-5(9(7)10)11-16-18/h1-4,11-15H/q+1. The second-order valence-corrected chi connectivity index (χ2v) is 7.18. The van der Waals surface area contributed by atoms with Gasteiger partial charge in [-0.2, -0.15) is 9.79 Å². The van der Waals surface area contributed by atoms with Crippen LogP contribution in [0.15, 0.2) is 24.3 Å². The van der Waals surface area contributed by atoms with Gasteiger partial charge in [-0.25, -0.2) is 10.1 Å². The van der Waals surface area contributed by atoms with Crippen LogP contribution in [0.5, 0.6) is 0 Å². The lowest BCUT2D eigenvalue weighted by Gasteiger charge is -2.26. The van der Waals surface area contributed by atoms with Gasteiger partial charge in [-0.05, 0) is 24.3 Å². The first-order valence-corrected chi connectivity index (χ1v) is 8.22. The maximum Gasteiger partial charge on any atom is 0.472 e. The van der Waals surface area contributed by atoms with Gasteiger partial charge in [0.25, 0.3) is 0 Å². The minimum atomic E-state index is -3.64. The molecule has 2 aromatic carbocycles.